The molecule has 0 heterocycles. The van der Waals surface area contributed by atoms with Crippen LogP contribution in [0.4, 0.5) is 0 Å². The standard InChI is InChI=1S/C15H15BrN2O2/c1-20-15-5-3-2-4-12(15)10-18-17-9-11-6-7-14(19)13(16)8-11/h2-9,18-19H,10H2,1H3/b17-9-. The largest absolute Gasteiger partial charge is 0.507 e. The number of hydrogen-bond acceptors (Lipinski definition) is 4. The number of rotatable bonds is 5. The van der Waals surface area contributed by atoms with Gasteiger partial charge in [-0.05, 0) is 45.8 Å². The normalized spacial score (nSPS) is 10.7. The number of phenols is 1. The maximum Gasteiger partial charge on any atom is 0.129 e. The van der Waals surface area contributed by atoms with Crippen LogP contribution >= 0.6 is 15.9 Å². The summed E-state index contributed by atoms with van der Waals surface area (Å²) in [6, 6.07) is 13.0. The summed E-state index contributed by atoms with van der Waals surface area (Å²) in [5, 5.41) is 13.6. The molecule has 0 radical (unpaired) electrons. The van der Waals surface area contributed by atoms with Crippen LogP contribution in [0.3, 0.4) is 0 Å². The molecule has 0 spiro atoms. The molecule has 0 saturated heterocycles. The van der Waals surface area contributed by atoms with Crippen LogP contribution in [-0.4, -0.2) is 18.4 Å². The molecular formula is C15H15BrN2O2. The number of phenolic OH excluding ortho intramolecular Hbond substituents is 1. The lowest BCUT2D eigenvalue weighted by molar-refractivity contribution is 0.408. The van der Waals surface area contributed by atoms with Crippen LogP contribution in [0.5, 0.6) is 11.5 Å². The summed E-state index contributed by atoms with van der Waals surface area (Å²) in [7, 11) is 1.65. The summed E-state index contributed by atoms with van der Waals surface area (Å²) >= 11 is 3.26. The molecule has 0 atom stereocenters. The molecule has 0 aliphatic rings. The van der Waals surface area contributed by atoms with Crippen LogP contribution in [0.15, 0.2) is 52.0 Å². The van der Waals surface area contributed by atoms with Crippen molar-refractivity contribution in [1.82, 2.24) is 5.43 Å². The first-order valence-electron chi connectivity index (χ1n) is 6.07. The summed E-state index contributed by atoms with van der Waals surface area (Å²) in [4.78, 5) is 0. The van der Waals surface area contributed by atoms with E-state index in [1.807, 2.05) is 24.3 Å². The Kier molecular flexibility index (Phi) is 5.01. The number of methoxy groups -OCH3 is 1. The molecule has 2 aromatic rings. The molecule has 4 nitrogen and oxygen atoms in total. The zero-order valence-corrected chi connectivity index (χ0v) is 12.6. The number of para-hydroxylation sites is 1. The van der Waals surface area contributed by atoms with Gasteiger partial charge in [-0.3, -0.25) is 0 Å². The minimum absolute atomic E-state index is 0.212. The Morgan fingerprint density at radius 2 is 2.10 bits per heavy atom. The number of nitrogens with one attached hydrogen (secondary N) is 1. The van der Waals surface area contributed by atoms with Gasteiger partial charge in [-0.15, -0.1) is 0 Å². The molecule has 0 aromatic heterocycles. The van der Waals surface area contributed by atoms with E-state index in [-0.39, 0.29) is 5.75 Å². The van der Waals surface area contributed by atoms with E-state index in [1.165, 1.54) is 0 Å². The molecular weight excluding hydrogens is 320 g/mol. The highest BCUT2D eigenvalue weighted by Gasteiger charge is 2.00. The summed E-state index contributed by atoms with van der Waals surface area (Å²) in [5.74, 6) is 1.05. The van der Waals surface area contributed by atoms with Crippen LogP contribution in [0.1, 0.15) is 11.1 Å². The van der Waals surface area contributed by atoms with Gasteiger partial charge < -0.3 is 15.3 Å². The number of hydrazone groups is 1. The Morgan fingerprint density at radius 3 is 2.85 bits per heavy atom. The molecule has 104 valence electrons. The van der Waals surface area contributed by atoms with Crippen LogP contribution in [-0.2, 0) is 6.54 Å². The monoisotopic (exact) mass is 334 g/mol. The number of halogens is 1. The van der Waals surface area contributed by atoms with Crippen molar-refractivity contribution >= 4 is 22.1 Å². The van der Waals surface area contributed by atoms with E-state index in [0.717, 1.165) is 16.9 Å². The molecule has 5 heteroatoms. The maximum absolute atomic E-state index is 9.40. The van der Waals surface area contributed by atoms with E-state index in [1.54, 1.807) is 31.5 Å². The molecule has 2 N–H and O–H groups in total. The molecule has 2 aromatic carbocycles. The zero-order chi connectivity index (χ0) is 14.4. The second-order valence-corrected chi connectivity index (χ2v) is 4.97. The van der Waals surface area contributed by atoms with Crippen molar-refractivity contribution in [2.24, 2.45) is 5.10 Å². The lowest BCUT2D eigenvalue weighted by Crippen LogP contribution is -2.06. The van der Waals surface area contributed by atoms with Crippen molar-refractivity contribution in [2.75, 3.05) is 7.11 Å². The van der Waals surface area contributed by atoms with Crippen LogP contribution in [0, 0.1) is 0 Å². The molecule has 0 saturated carbocycles. The number of ether oxygens (including phenoxy) is 1. The van der Waals surface area contributed by atoms with Gasteiger partial charge in [-0.25, -0.2) is 0 Å². The first-order valence-corrected chi connectivity index (χ1v) is 6.86. The first kappa shape index (κ1) is 14.4. The quantitative estimate of drug-likeness (QED) is 0.651. The Morgan fingerprint density at radius 1 is 1.30 bits per heavy atom. The molecule has 0 aliphatic heterocycles. The summed E-state index contributed by atoms with van der Waals surface area (Å²) < 4.78 is 5.91. The van der Waals surface area contributed by atoms with Gasteiger partial charge in [0.15, 0.2) is 0 Å². The van der Waals surface area contributed by atoms with E-state index in [2.05, 4.69) is 26.5 Å². The smallest absolute Gasteiger partial charge is 0.129 e. The molecule has 0 aliphatic carbocycles. The fourth-order valence-electron chi connectivity index (χ4n) is 1.70. The molecule has 0 bridgehead atoms. The van der Waals surface area contributed by atoms with Crippen molar-refractivity contribution in [3.63, 3.8) is 0 Å². The van der Waals surface area contributed by atoms with Gasteiger partial charge in [-0.1, -0.05) is 18.2 Å². The minimum atomic E-state index is 0.212. The lowest BCUT2D eigenvalue weighted by atomic mass is 10.2. The zero-order valence-electron chi connectivity index (χ0n) is 11.0. The summed E-state index contributed by atoms with van der Waals surface area (Å²) in [5.41, 5.74) is 4.90. The SMILES string of the molecule is COc1ccccc1CN/N=C\c1ccc(O)c(Br)c1. The molecule has 2 rings (SSSR count). The Labute approximate surface area is 126 Å². The third-order valence-electron chi connectivity index (χ3n) is 2.74. The highest BCUT2D eigenvalue weighted by atomic mass is 79.9. The number of benzene rings is 2. The first-order chi connectivity index (χ1) is 9.70. The van der Waals surface area contributed by atoms with Crippen molar-refractivity contribution in [1.29, 1.82) is 0 Å². The topological polar surface area (TPSA) is 53.8 Å². The van der Waals surface area contributed by atoms with Crippen LogP contribution < -0.4 is 10.2 Å². The van der Waals surface area contributed by atoms with Crippen LogP contribution in [0.2, 0.25) is 0 Å². The molecule has 0 amide bonds. The maximum atomic E-state index is 9.40. The van der Waals surface area contributed by atoms with Gasteiger partial charge in [0, 0.05) is 5.56 Å². The van der Waals surface area contributed by atoms with Gasteiger partial charge in [0.05, 0.1) is 24.3 Å². The van der Waals surface area contributed by atoms with Crippen molar-refractivity contribution < 1.29 is 9.84 Å². The fraction of sp³-hybridized carbons (Fsp3) is 0.133. The average molecular weight is 335 g/mol. The van der Waals surface area contributed by atoms with Gasteiger partial charge >= 0.3 is 0 Å². The molecule has 0 fully saturated rings. The van der Waals surface area contributed by atoms with E-state index in [0.29, 0.717) is 11.0 Å². The van der Waals surface area contributed by atoms with Crippen molar-refractivity contribution in [3.05, 3.63) is 58.1 Å². The third kappa shape index (κ3) is 3.74. The Bertz CT molecular complexity index is 615. The predicted octanol–water partition coefficient (Wildman–Crippen LogP) is 3.29. The van der Waals surface area contributed by atoms with Gasteiger partial charge in [0.2, 0.25) is 0 Å². The van der Waals surface area contributed by atoms with Gasteiger partial charge in [-0.2, -0.15) is 5.10 Å². The number of hydrogen-bond donors (Lipinski definition) is 2. The summed E-state index contributed by atoms with van der Waals surface area (Å²) in [6.07, 6.45) is 1.69. The predicted molar refractivity (Wildman–Crippen MR) is 83.2 cm³/mol. The highest BCUT2D eigenvalue weighted by molar-refractivity contribution is 9.10. The van der Waals surface area contributed by atoms with E-state index < -0.39 is 0 Å². The second kappa shape index (κ2) is 6.96. The fourth-order valence-corrected chi connectivity index (χ4v) is 2.10. The van der Waals surface area contributed by atoms with E-state index in [4.69, 9.17) is 4.74 Å². The number of aromatic hydroxyl groups is 1. The van der Waals surface area contributed by atoms with E-state index in [9.17, 15) is 5.11 Å². The Hall–Kier alpha value is -2.01. The van der Waals surface area contributed by atoms with Crippen LogP contribution in [0.25, 0.3) is 0 Å². The van der Waals surface area contributed by atoms with E-state index >= 15 is 0 Å². The average Bonchev–Trinajstić information content (AvgIpc) is 2.47. The third-order valence-corrected chi connectivity index (χ3v) is 3.37. The lowest BCUT2D eigenvalue weighted by Gasteiger charge is -2.07. The van der Waals surface area contributed by atoms with Crippen molar-refractivity contribution in [3.8, 4) is 11.5 Å². The van der Waals surface area contributed by atoms with Crippen molar-refractivity contribution in [2.45, 2.75) is 6.54 Å². The number of nitrogens with zero attached hydrogens (tertiary/aromatic N) is 1. The molecule has 20 heavy (non-hydrogen) atoms. The van der Waals surface area contributed by atoms with Gasteiger partial charge in [0.25, 0.3) is 0 Å². The second-order valence-electron chi connectivity index (χ2n) is 4.12. The minimum Gasteiger partial charge on any atom is -0.507 e. The van der Waals surface area contributed by atoms with Gasteiger partial charge in [0.1, 0.15) is 11.5 Å². The Balaban J connectivity index is 1.95. The summed E-state index contributed by atoms with van der Waals surface area (Å²) in [6.45, 7) is 0.583. The highest BCUT2D eigenvalue weighted by Crippen LogP contribution is 2.23. The molecule has 0 unspecified atom stereocenters.